The minimum absolute atomic E-state index is 0.143. The number of carbonyl (C=O) groups is 1. The first-order valence-corrected chi connectivity index (χ1v) is 10.5. The first-order chi connectivity index (χ1) is 15.6. The van der Waals surface area contributed by atoms with Crippen LogP contribution in [0.3, 0.4) is 0 Å². The molecule has 3 aromatic carbocycles. The van der Waals surface area contributed by atoms with Crippen LogP contribution in [0.15, 0.2) is 83.7 Å². The zero-order chi connectivity index (χ0) is 22.5. The number of ether oxygens (including phenoxy) is 1. The Kier molecular flexibility index (Phi) is 6.42. The van der Waals surface area contributed by atoms with Crippen molar-refractivity contribution in [2.75, 3.05) is 13.7 Å². The molecule has 0 aliphatic rings. The molecular formula is C26H25N3O3. The molecule has 0 spiro atoms. The van der Waals surface area contributed by atoms with Gasteiger partial charge < -0.3 is 10.1 Å². The summed E-state index contributed by atoms with van der Waals surface area (Å²) < 4.78 is 6.75. The Bertz CT molecular complexity index is 1280. The molecule has 0 saturated heterocycles. The molecule has 1 N–H and O–H groups in total. The number of rotatable bonds is 7. The largest absolute Gasteiger partial charge is 0.383 e. The van der Waals surface area contributed by atoms with E-state index in [2.05, 4.69) is 10.3 Å². The molecule has 32 heavy (non-hydrogen) atoms. The number of para-hydroxylation sites is 1. The van der Waals surface area contributed by atoms with Crippen LogP contribution in [0.4, 0.5) is 0 Å². The van der Waals surface area contributed by atoms with Crippen LogP contribution >= 0.6 is 0 Å². The maximum atomic E-state index is 13.0. The van der Waals surface area contributed by atoms with Gasteiger partial charge >= 0.3 is 0 Å². The third-order valence-corrected chi connectivity index (χ3v) is 5.40. The van der Waals surface area contributed by atoms with Gasteiger partial charge in [-0.25, -0.2) is 4.98 Å². The number of fused-ring (bicyclic) bond motifs is 1. The van der Waals surface area contributed by atoms with Crippen LogP contribution in [0.5, 0.6) is 0 Å². The summed E-state index contributed by atoms with van der Waals surface area (Å²) >= 11 is 0. The second-order valence-corrected chi connectivity index (χ2v) is 7.58. The molecule has 1 aromatic heterocycles. The standard InChI is InChI=1S/C26H25N3O3/c1-18(24-28-23-11-7-6-10-22(23)26(31)29(24)16-17-32-2)27-25(30)21-14-12-20(13-15-21)19-8-4-3-5-9-19/h3-15,18H,16-17H2,1-2H3,(H,27,30). The lowest BCUT2D eigenvalue weighted by Crippen LogP contribution is -2.34. The van der Waals surface area contributed by atoms with Gasteiger partial charge in [0.15, 0.2) is 0 Å². The zero-order valence-electron chi connectivity index (χ0n) is 18.1. The lowest BCUT2D eigenvalue weighted by molar-refractivity contribution is 0.0937. The van der Waals surface area contributed by atoms with Crippen molar-refractivity contribution in [1.82, 2.24) is 14.9 Å². The zero-order valence-corrected chi connectivity index (χ0v) is 18.1. The summed E-state index contributed by atoms with van der Waals surface area (Å²) in [6.45, 7) is 2.55. The summed E-state index contributed by atoms with van der Waals surface area (Å²) in [4.78, 5) is 30.6. The van der Waals surface area contributed by atoms with Gasteiger partial charge in [-0.05, 0) is 42.3 Å². The van der Waals surface area contributed by atoms with Gasteiger partial charge in [0.2, 0.25) is 0 Å². The molecule has 0 fully saturated rings. The molecule has 6 heteroatoms. The highest BCUT2D eigenvalue weighted by Gasteiger charge is 2.19. The predicted octanol–water partition coefficient (Wildman–Crippen LogP) is 4.20. The van der Waals surface area contributed by atoms with Gasteiger partial charge in [-0.15, -0.1) is 0 Å². The Labute approximate surface area is 186 Å². The third kappa shape index (κ3) is 4.45. The van der Waals surface area contributed by atoms with Crippen LogP contribution in [0.25, 0.3) is 22.0 Å². The van der Waals surface area contributed by atoms with Gasteiger partial charge in [-0.3, -0.25) is 14.2 Å². The van der Waals surface area contributed by atoms with E-state index in [-0.39, 0.29) is 11.5 Å². The van der Waals surface area contributed by atoms with E-state index in [9.17, 15) is 9.59 Å². The molecular weight excluding hydrogens is 402 g/mol. The van der Waals surface area contributed by atoms with E-state index in [0.717, 1.165) is 11.1 Å². The number of hydrogen-bond acceptors (Lipinski definition) is 4. The number of hydrogen-bond donors (Lipinski definition) is 1. The molecule has 0 saturated carbocycles. The van der Waals surface area contributed by atoms with Crippen molar-refractivity contribution in [3.63, 3.8) is 0 Å². The fourth-order valence-corrected chi connectivity index (χ4v) is 3.70. The van der Waals surface area contributed by atoms with Crippen LogP contribution in [-0.2, 0) is 11.3 Å². The molecule has 0 aliphatic carbocycles. The molecule has 0 aliphatic heterocycles. The average Bonchev–Trinajstić information content (AvgIpc) is 2.84. The lowest BCUT2D eigenvalue weighted by atomic mass is 10.0. The molecule has 4 rings (SSSR count). The first kappa shape index (κ1) is 21.5. The summed E-state index contributed by atoms with van der Waals surface area (Å²) in [5, 5.41) is 3.52. The Hall–Kier alpha value is -3.77. The van der Waals surface area contributed by atoms with Gasteiger partial charge in [-0.1, -0.05) is 54.6 Å². The van der Waals surface area contributed by atoms with Crippen molar-refractivity contribution in [3.05, 3.63) is 101 Å². The second-order valence-electron chi connectivity index (χ2n) is 7.58. The van der Waals surface area contributed by atoms with E-state index >= 15 is 0 Å². The predicted molar refractivity (Wildman–Crippen MR) is 126 cm³/mol. The number of nitrogens with one attached hydrogen (secondary N) is 1. The number of benzene rings is 3. The van der Waals surface area contributed by atoms with E-state index in [4.69, 9.17) is 4.74 Å². The molecule has 4 aromatic rings. The van der Waals surface area contributed by atoms with Crippen molar-refractivity contribution in [3.8, 4) is 11.1 Å². The number of nitrogens with zero attached hydrogens (tertiary/aromatic N) is 2. The molecule has 0 bridgehead atoms. The minimum atomic E-state index is -0.467. The van der Waals surface area contributed by atoms with E-state index in [1.807, 2.05) is 61.5 Å². The molecule has 1 unspecified atom stereocenters. The number of amides is 1. The fraction of sp³-hybridized carbons (Fsp3) is 0.192. The van der Waals surface area contributed by atoms with Gasteiger partial charge in [0.1, 0.15) is 5.82 Å². The molecule has 1 heterocycles. The summed E-state index contributed by atoms with van der Waals surface area (Å²) in [5.74, 6) is 0.276. The van der Waals surface area contributed by atoms with Crippen LogP contribution in [-0.4, -0.2) is 29.2 Å². The van der Waals surface area contributed by atoms with Crippen LogP contribution < -0.4 is 10.9 Å². The van der Waals surface area contributed by atoms with Crippen molar-refractivity contribution < 1.29 is 9.53 Å². The highest BCUT2D eigenvalue weighted by Crippen LogP contribution is 2.20. The Morgan fingerprint density at radius 1 is 0.969 bits per heavy atom. The van der Waals surface area contributed by atoms with E-state index in [0.29, 0.717) is 35.4 Å². The van der Waals surface area contributed by atoms with Crippen LogP contribution in [0, 0.1) is 0 Å². The Morgan fingerprint density at radius 2 is 1.62 bits per heavy atom. The normalized spacial score (nSPS) is 11.9. The summed E-state index contributed by atoms with van der Waals surface area (Å²) in [6, 6.07) is 24.2. The van der Waals surface area contributed by atoms with Crippen LogP contribution in [0.1, 0.15) is 29.1 Å². The van der Waals surface area contributed by atoms with Crippen molar-refractivity contribution in [2.45, 2.75) is 19.5 Å². The SMILES string of the molecule is COCCn1c(C(C)NC(=O)c2ccc(-c3ccccc3)cc2)nc2ccccc2c1=O. The van der Waals surface area contributed by atoms with Gasteiger partial charge in [0.25, 0.3) is 11.5 Å². The monoisotopic (exact) mass is 427 g/mol. The first-order valence-electron chi connectivity index (χ1n) is 10.5. The van der Waals surface area contributed by atoms with Gasteiger partial charge in [0, 0.05) is 12.7 Å². The second kappa shape index (κ2) is 9.58. The average molecular weight is 428 g/mol. The number of carbonyl (C=O) groups excluding carboxylic acids is 1. The Balaban J connectivity index is 1.59. The van der Waals surface area contributed by atoms with Gasteiger partial charge in [-0.2, -0.15) is 0 Å². The fourth-order valence-electron chi connectivity index (χ4n) is 3.70. The molecule has 6 nitrogen and oxygen atoms in total. The molecule has 1 atom stereocenters. The van der Waals surface area contributed by atoms with Gasteiger partial charge in [0.05, 0.1) is 30.1 Å². The summed E-state index contributed by atoms with van der Waals surface area (Å²) in [7, 11) is 1.59. The summed E-state index contributed by atoms with van der Waals surface area (Å²) in [5.41, 5.74) is 3.14. The van der Waals surface area contributed by atoms with E-state index in [1.54, 1.807) is 35.9 Å². The topological polar surface area (TPSA) is 73.2 Å². The molecule has 162 valence electrons. The quantitative estimate of drug-likeness (QED) is 0.480. The molecule has 0 radical (unpaired) electrons. The third-order valence-electron chi connectivity index (χ3n) is 5.40. The maximum absolute atomic E-state index is 13.0. The Morgan fingerprint density at radius 3 is 2.34 bits per heavy atom. The number of methoxy groups -OCH3 is 1. The van der Waals surface area contributed by atoms with Crippen molar-refractivity contribution in [2.24, 2.45) is 0 Å². The lowest BCUT2D eigenvalue weighted by Gasteiger charge is -2.19. The minimum Gasteiger partial charge on any atom is -0.383 e. The van der Waals surface area contributed by atoms with Crippen molar-refractivity contribution >= 4 is 16.8 Å². The smallest absolute Gasteiger partial charge is 0.261 e. The van der Waals surface area contributed by atoms with E-state index < -0.39 is 6.04 Å². The highest BCUT2D eigenvalue weighted by molar-refractivity contribution is 5.95. The van der Waals surface area contributed by atoms with Crippen molar-refractivity contribution in [1.29, 1.82) is 0 Å². The van der Waals surface area contributed by atoms with E-state index in [1.165, 1.54) is 0 Å². The molecule has 1 amide bonds. The highest BCUT2D eigenvalue weighted by atomic mass is 16.5. The summed E-state index contributed by atoms with van der Waals surface area (Å²) in [6.07, 6.45) is 0. The number of aromatic nitrogens is 2. The maximum Gasteiger partial charge on any atom is 0.261 e. The van der Waals surface area contributed by atoms with Crippen LogP contribution in [0.2, 0.25) is 0 Å².